The summed E-state index contributed by atoms with van der Waals surface area (Å²) in [5.74, 6) is 2.27. The summed E-state index contributed by atoms with van der Waals surface area (Å²) in [7, 11) is 1.83. The molecule has 1 saturated heterocycles. The minimum atomic E-state index is 0.612. The molecule has 1 unspecified atom stereocenters. The van der Waals surface area contributed by atoms with E-state index >= 15 is 0 Å². The second kappa shape index (κ2) is 10.9. The zero-order chi connectivity index (χ0) is 15.5. The van der Waals surface area contributed by atoms with Gasteiger partial charge in [-0.1, -0.05) is 20.8 Å². The summed E-state index contributed by atoms with van der Waals surface area (Å²) in [6.07, 6.45) is 2.31. The molecular formula is C16H34N4O. The molecule has 21 heavy (non-hydrogen) atoms. The van der Waals surface area contributed by atoms with Gasteiger partial charge in [0, 0.05) is 39.9 Å². The highest BCUT2D eigenvalue weighted by molar-refractivity contribution is 5.79. The summed E-state index contributed by atoms with van der Waals surface area (Å²) >= 11 is 0. The summed E-state index contributed by atoms with van der Waals surface area (Å²) in [6.45, 7) is 13.8. The average molecular weight is 298 g/mol. The molecule has 0 radical (unpaired) electrons. The Morgan fingerprint density at radius 2 is 2.19 bits per heavy atom. The Morgan fingerprint density at radius 1 is 1.38 bits per heavy atom. The van der Waals surface area contributed by atoms with Gasteiger partial charge in [-0.15, -0.1) is 0 Å². The number of nitrogens with one attached hydrogen (secondary N) is 2. The number of rotatable bonds is 9. The zero-order valence-corrected chi connectivity index (χ0v) is 14.3. The minimum Gasteiger partial charge on any atom is -0.381 e. The fourth-order valence-corrected chi connectivity index (χ4v) is 2.53. The van der Waals surface area contributed by atoms with Crippen molar-refractivity contribution in [3.05, 3.63) is 0 Å². The largest absolute Gasteiger partial charge is 0.381 e. The predicted molar refractivity (Wildman–Crippen MR) is 89.9 cm³/mol. The van der Waals surface area contributed by atoms with E-state index in [1.807, 2.05) is 7.05 Å². The van der Waals surface area contributed by atoms with Crippen LogP contribution in [-0.4, -0.2) is 63.8 Å². The van der Waals surface area contributed by atoms with Crippen LogP contribution in [0.5, 0.6) is 0 Å². The van der Waals surface area contributed by atoms with Crippen LogP contribution in [0.15, 0.2) is 4.99 Å². The van der Waals surface area contributed by atoms with Crippen LogP contribution in [0.3, 0.4) is 0 Å². The van der Waals surface area contributed by atoms with E-state index in [4.69, 9.17) is 4.74 Å². The van der Waals surface area contributed by atoms with Gasteiger partial charge in [0.2, 0.25) is 0 Å². The van der Waals surface area contributed by atoms with Crippen LogP contribution in [0, 0.1) is 11.8 Å². The van der Waals surface area contributed by atoms with Crippen molar-refractivity contribution in [1.29, 1.82) is 0 Å². The molecule has 0 saturated carbocycles. The standard InChI is InChI=1S/C16H34N4O/c1-5-20-9-7-15(12-20)11-19-16(17-4)18-8-6-10-21-13-14(2)3/h14-15H,5-13H2,1-4H3,(H2,17,18,19). The lowest BCUT2D eigenvalue weighted by Gasteiger charge is -2.16. The van der Waals surface area contributed by atoms with E-state index in [0.29, 0.717) is 5.92 Å². The number of guanidine groups is 1. The number of nitrogens with zero attached hydrogens (tertiary/aromatic N) is 2. The van der Waals surface area contributed by atoms with E-state index < -0.39 is 0 Å². The molecule has 0 aromatic rings. The monoisotopic (exact) mass is 298 g/mol. The van der Waals surface area contributed by atoms with Gasteiger partial charge in [0.05, 0.1) is 0 Å². The Balaban J connectivity index is 2.04. The highest BCUT2D eigenvalue weighted by Crippen LogP contribution is 2.14. The maximum absolute atomic E-state index is 5.57. The van der Waals surface area contributed by atoms with Gasteiger partial charge in [-0.3, -0.25) is 4.99 Å². The Kier molecular flexibility index (Phi) is 9.42. The van der Waals surface area contributed by atoms with Crippen molar-refractivity contribution in [2.24, 2.45) is 16.8 Å². The first kappa shape index (κ1) is 18.2. The van der Waals surface area contributed by atoms with Gasteiger partial charge in [-0.05, 0) is 37.8 Å². The maximum Gasteiger partial charge on any atom is 0.190 e. The van der Waals surface area contributed by atoms with Gasteiger partial charge >= 0.3 is 0 Å². The van der Waals surface area contributed by atoms with Gasteiger partial charge in [0.25, 0.3) is 0 Å². The predicted octanol–water partition coefficient (Wildman–Crippen LogP) is 1.56. The Morgan fingerprint density at radius 3 is 2.81 bits per heavy atom. The molecule has 1 aliphatic heterocycles. The molecule has 124 valence electrons. The molecule has 1 aliphatic rings. The molecule has 5 heteroatoms. The molecule has 0 amide bonds. The highest BCUT2D eigenvalue weighted by Gasteiger charge is 2.20. The van der Waals surface area contributed by atoms with Crippen molar-refractivity contribution in [2.45, 2.75) is 33.6 Å². The first-order chi connectivity index (χ1) is 10.2. The molecule has 1 fully saturated rings. The Labute approximate surface area is 130 Å². The average Bonchev–Trinajstić information content (AvgIpc) is 2.93. The van der Waals surface area contributed by atoms with Gasteiger partial charge in [0.1, 0.15) is 0 Å². The second-order valence-electron chi connectivity index (χ2n) is 6.25. The van der Waals surface area contributed by atoms with E-state index in [0.717, 1.165) is 44.6 Å². The van der Waals surface area contributed by atoms with Crippen LogP contribution < -0.4 is 10.6 Å². The SMILES string of the molecule is CCN1CCC(CNC(=NC)NCCCOCC(C)C)C1. The Hall–Kier alpha value is -0.810. The summed E-state index contributed by atoms with van der Waals surface area (Å²) < 4.78 is 5.57. The van der Waals surface area contributed by atoms with Gasteiger partial charge in [0.15, 0.2) is 5.96 Å². The van der Waals surface area contributed by atoms with Gasteiger partial charge in [-0.25, -0.2) is 0 Å². The molecule has 1 heterocycles. The summed E-state index contributed by atoms with van der Waals surface area (Å²) in [5.41, 5.74) is 0. The lowest BCUT2D eigenvalue weighted by Crippen LogP contribution is -2.40. The molecule has 0 bridgehead atoms. The first-order valence-electron chi connectivity index (χ1n) is 8.40. The molecule has 2 N–H and O–H groups in total. The number of ether oxygens (including phenoxy) is 1. The van der Waals surface area contributed by atoms with E-state index in [9.17, 15) is 0 Å². The molecule has 0 spiro atoms. The van der Waals surface area contributed by atoms with Gasteiger partial charge in [-0.2, -0.15) is 0 Å². The van der Waals surface area contributed by atoms with E-state index in [1.165, 1.54) is 26.1 Å². The van der Waals surface area contributed by atoms with E-state index in [1.54, 1.807) is 0 Å². The Bertz CT molecular complexity index is 294. The number of hydrogen-bond donors (Lipinski definition) is 2. The van der Waals surface area contributed by atoms with Crippen LogP contribution >= 0.6 is 0 Å². The summed E-state index contributed by atoms with van der Waals surface area (Å²) in [5, 5.41) is 6.79. The van der Waals surface area contributed by atoms with Crippen molar-refractivity contribution in [3.63, 3.8) is 0 Å². The van der Waals surface area contributed by atoms with E-state index in [2.05, 4.69) is 41.3 Å². The molecular weight excluding hydrogens is 264 g/mol. The molecule has 5 nitrogen and oxygen atoms in total. The summed E-state index contributed by atoms with van der Waals surface area (Å²) in [6, 6.07) is 0. The molecule has 0 aromatic carbocycles. The number of hydrogen-bond acceptors (Lipinski definition) is 3. The third-order valence-corrected chi connectivity index (χ3v) is 3.81. The minimum absolute atomic E-state index is 0.612. The highest BCUT2D eigenvalue weighted by atomic mass is 16.5. The fourth-order valence-electron chi connectivity index (χ4n) is 2.53. The van der Waals surface area contributed by atoms with Crippen molar-refractivity contribution in [1.82, 2.24) is 15.5 Å². The number of aliphatic imine (C=N–C) groups is 1. The van der Waals surface area contributed by atoms with Crippen molar-refractivity contribution >= 4 is 5.96 Å². The third-order valence-electron chi connectivity index (χ3n) is 3.81. The molecule has 1 atom stereocenters. The summed E-state index contributed by atoms with van der Waals surface area (Å²) in [4.78, 5) is 6.78. The second-order valence-corrected chi connectivity index (χ2v) is 6.25. The van der Waals surface area contributed by atoms with Crippen LogP contribution in [0.2, 0.25) is 0 Å². The van der Waals surface area contributed by atoms with Crippen LogP contribution in [0.4, 0.5) is 0 Å². The fraction of sp³-hybridized carbons (Fsp3) is 0.938. The first-order valence-corrected chi connectivity index (χ1v) is 8.40. The molecule has 0 aliphatic carbocycles. The normalized spacial score (nSPS) is 20.2. The van der Waals surface area contributed by atoms with Crippen molar-refractivity contribution < 1.29 is 4.74 Å². The zero-order valence-electron chi connectivity index (χ0n) is 14.3. The molecule has 1 rings (SSSR count). The van der Waals surface area contributed by atoms with E-state index in [-0.39, 0.29) is 0 Å². The number of likely N-dealkylation sites (tertiary alicyclic amines) is 1. The topological polar surface area (TPSA) is 48.9 Å². The van der Waals surface area contributed by atoms with Crippen LogP contribution in [0.1, 0.15) is 33.6 Å². The quantitative estimate of drug-likeness (QED) is 0.385. The van der Waals surface area contributed by atoms with Crippen molar-refractivity contribution in [2.75, 3.05) is 53.0 Å². The van der Waals surface area contributed by atoms with Crippen LogP contribution in [-0.2, 0) is 4.74 Å². The molecule has 0 aromatic heterocycles. The smallest absolute Gasteiger partial charge is 0.190 e. The van der Waals surface area contributed by atoms with Crippen molar-refractivity contribution in [3.8, 4) is 0 Å². The van der Waals surface area contributed by atoms with Gasteiger partial charge < -0.3 is 20.3 Å². The third kappa shape index (κ3) is 8.27. The van der Waals surface area contributed by atoms with Crippen LogP contribution in [0.25, 0.3) is 0 Å². The maximum atomic E-state index is 5.57. The lowest BCUT2D eigenvalue weighted by atomic mass is 10.1. The lowest BCUT2D eigenvalue weighted by molar-refractivity contribution is 0.108.